The van der Waals surface area contributed by atoms with E-state index in [9.17, 15) is 0 Å². The van der Waals surface area contributed by atoms with Gasteiger partial charge in [-0.25, -0.2) is 0 Å². The Hall–Kier alpha value is 0.620. The van der Waals surface area contributed by atoms with Crippen LogP contribution in [0, 0.1) is 5.92 Å². The maximum Gasteiger partial charge on any atom is 0.0783 e. The van der Waals surface area contributed by atoms with Gasteiger partial charge in [-0.3, -0.25) is 0 Å². The molecule has 3 unspecified atom stereocenters. The zero-order valence-corrected chi connectivity index (χ0v) is 12.6. The fourth-order valence-electron chi connectivity index (χ4n) is 2.73. The molecule has 17 heavy (non-hydrogen) atoms. The van der Waals surface area contributed by atoms with Crippen molar-refractivity contribution in [2.45, 2.75) is 50.0 Å². The number of ether oxygens (including phenoxy) is 1. The molecule has 2 fully saturated rings. The lowest BCUT2D eigenvalue weighted by Gasteiger charge is -2.40. The third-order valence-corrected chi connectivity index (χ3v) is 6.29. The minimum atomic E-state index is 0.188. The van der Waals surface area contributed by atoms with E-state index in [0.717, 1.165) is 18.8 Å². The highest BCUT2D eigenvalue weighted by molar-refractivity contribution is 8.00. The van der Waals surface area contributed by atoms with Crippen LogP contribution in [0.5, 0.6) is 0 Å². The molecule has 0 aliphatic carbocycles. The first kappa shape index (κ1) is 14.0. The summed E-state index contributed by atoms with van der Waals surface area (Å²) in [4.78, 5) is 0. The molecule has 2 nitrogen and oxygen atoms in total. The molecule has 2 aliphatic rings. The predicted molar refractivity (Wildman–Crippen MR) is 78.9 cm³/mol. The average molecular weight is 275 g/mol. The van der Waals surface area contributed by atoms with Crippen LogP contribution in [-0.4, -0.2) is 40.8 Å². The van der Waals surface area contributed by atoms with Gasteiger partial charge in [0.15, 0.2) is 0 Å². The van der Waals surface area contributed by atoms with Gasteiger partial charge in [0.2, 0.25) is 0 Å². The van der Waals surface area contributed by atoms with Crippen molar-refractivity contribution in [1.82, 2.24) is 0 Å². The molecule has 2 aliphatic heterocycles. The van der Waals surface area contributed by atoms with Crippen LogP contribution in [0.3, 0.4) is 0 Å². The molecule has 2 saturated heterocycles. The van der Waals surface area contributed by atoms with Crippen LogP contribution in [0.25, 0.3) is 0 Å². The monoisotopic (exact) mass is 275 g/mol. The van der Waals surface area contributed by atoms with Gasteiger partial charge in [0, 0.05) is 24.2 Å². The molecular formula is C13H25NOS2. The highest BCUT2D eigenvalue weighted by Gasteiger charge is 2.41. The first-order valence-corrected chi connectivity index (χ1v) is 8.90. The van der Waals surface area contributed by atoms with Crippen molar-refractivity contribution in [3.63, 3.8) is 0 Å². The van der Waals surface area contributed by atoms with E-state index in [1.807, 2.05) is 23.5 Å². The molecule has 0 aromatic rings. The summed E-state index contributed by atoms with van der Waals surface area (Å²) in [5, 5.41) is 0.692. The van der Waals surface area contributed by atoms with Crippen molar-refractivity contribution in [2.75, 3.05) is 23.9 Å². The molecule has 0 amide bonds. The Morgan fingerprint density at radius 1 is 1.53 bits per heavy atom. The van der Waals surface area contributed by atoms with E-state index < -0.39 is 0 Å². The molecule has 0 aromatic carbocycles. The summed E-state index contributed by atoms with van der Waals surface area (Å²) in [6, 6.07) is 0.355. The molecule has 2 rings (SSSR count). The van der Waals surface area contributed by atoms with Gasteiger partial charge in [-0.1, -0.05) is 13.8 Å². The second kappa shape index (κ2) is 6.18. The Morgan fingerprint density at radius 2 is 2.35 bits per heavy atom. The highest BCUT2D eigenvalue weighted by atomic mass is 32.2. The van der Waals surface area contributed by atoms with Gasteiger partial charge in [0.05, 0.1) is 5.60 Å². The fourth-order valence-corrected chi connectivity index (χ4v) is 4.99. The van der Waals surface area contributed by atoms with Gasteiger partial charge in [-0.2, -0.15) is 23.5 Å². The molecule has 0 radical (unpaired) electrons. The normalized spacial score (nSPS) is 35.6. The van der Waals surface area contributed by atoms with Gasteiger partial charge in [-0.15, -0.1) is 0 Å². The largest absolute Gasteiger partial charge is 0.374 e. The molecule has 1 spiro atoms. The molecule has 100 valence electrons. The fraction of sp³-hybridized carbons (Fsp3) is 1.00. The van der Waals surface area contributed by atoms with Crippen molar-refractivity contribution in [3.8, 4) is 0 Å². The van der Waals surface area contributed by atoms with Gasteiger partial charge in [0.25, 0.3) is 0 Å². The maximum absolute atomic E-state index is 6.36. The zero-order valence-electron chi connectivity index (χ0n) is 11.0. The number of nitrogens with two attached hydrogens (primary N) is 1. The second-order valence-corrected chi connectivity index (χ2v) is 8.35. The van der Waals surface area contributed by atoms with Crippen LogP contribution < -0.4 is 5.73 Å². The van der Waals surface area contributed by atoms with Crippen molar-refractivity contribution < 1.29 is 4.74 Å². The molecule has 2 N–H and O–H groups in total. The summed E-state index contributed by atoms with van der Waals surface area (Å²) in [5.41, 5.74) is 6.55. The second-order valence-electron chi connectivity index (χ2n) is 5.63. The summed E-state index contributed by atoms with van der Waals surface area (Å²) >= 11 is 4.03. The lowest BCUT2D eigenvalue weighted by Crippen LogP contribution is -2.46. The van der Waals surface area contributed by atoms with Crippen molar-refractivity contribution in [3.05, 3.63) is 0 Å². The van der Waals surface area contributed by atoms with Crippen molar-refractivity contribution >= 4 is 23.5 Å². The van der Waals surface area contributed by atoms with E-state index in [4.69, 9.17) is 10.5 Å². The Labute approximate surface area is 114 Å². The summed E-state index contributed by atoms with van der Waals surface area (Å²) in [5.74, 6) is 4.23. The van der Waals surface area contributed by atoms with Crippen molar-refractivity contribution in [1.29, 1.82) is 0 Å². The lowest BCUT2D eigenvalue weighted by molar-refractivity contribution is -0.0820. The van der Waals surface area contributed by atoms with E-state index in [2.05, 4.69) is 13.8 Å². The first-order valence-electron chi connectivity index (χ1n) is 6.70. The quantitative estimate of drug-likeness (QED) is 0.856. The van der Waals surface area contributed by atoms with E-state index in [1.54, 1.807) is 0 Å². The van der Waals surface area contributed by atoms with Gasteiger partial charge in [0.1, 0.15) is 0 Å². The smallest absolute Gasteiger partial charge is 0.0783 e. The third-order valence-electron chi connectivity index (χ3n) is 3.83. The van der Waals surface area contributed by atoms with Crippen LogP contribution in [0.15, 0.2) is 0 Å². The predicted octanol–water partition coefficient (Wildman–Crippen LogP) is 2.76. The van der Waals surface area contributed by atoms with Gasteiger partial charge in [-0.05, 0) is 36.2 Å². The van der Waals surface area contributed by atoms with E-state index in [1.165, 1.54) is 24.3 Å². The minimum Gasteiger partial charge on any atom is -0.374 e. The molecular weight excluding hydrogens is 250 g/mol. The molecule has 2 heterocycles. The summed E-state index contributed by atoms with van der Waals surface area (Å²) in [6.45, 7) is 5.41. The van der Waals surface area contributed by atoms with Gasteiger partial charge < -0.3 is 10.5 Å². The lowest BCUT2D eigenvalue weighted by atomic mass is 9.82. The Kier molecular flexibility index (Phi) is 5.10. The Morgan fingerprint density at radius 3 is 3.00 bits per heavy atom. The average Bonchev–Trinajstić information content (AvgIpc) is 2.74. The first-order chi connectivity index (χ1) is 8.11. The molecule has 0 saturated carbocycles. The zero-order chi connectivity index (χ0) is 12.3. The molecule has 0 aromatic heterocycles. The van der Waals surface area contributed by atoms with E-state index in [-0.39, 0.29) is 5.60 Å². The molecule has 4 heteroatoms. The number of hydrogen-bond donors (Lipinski definition) is 1. The Balaban J connectivity index is 1.84. The number of rotatable bonds is 4. The third kappa shape index (κ3) is 3.79. The van der Waals surface area contributed by atoms with Crippen molar-refractivity contribution in [2.24, 2.45) is 11.7 Å². The minimum absolute atomic E-state index is 0.188. The van der Waals surface area contributed by atoms with Crippen LogP contribution >= 0.6 is 23.5 Å². The van der Waals surface area contributed by atoms with Gasteiger partial charge >= 0.3 is 0 Å². The summed E-state index contributed by atoms with van der Waals surface area (Å²) in [6.07, 6.45) is 3.59. The highest BCUT2D eigenvalue weighted by Crippen LogP contribution is 2.41. The van der Waals surface area contributed by atoms with Crippen LogP contribution in [-0.2, 0) is 4.74 Å². The summed E-state index contributed by atoms with van der Waals surface area (Å²) in [7, 11) is 0. The SMILES string of the molecule is CC(C)SCC(N)C1CCOC2(CCSC2)C1. The van der Waals surface area contributed by atoms with Crippen LogP contribution in [0.4, 0.5) is 0 Å². The van der Waals surface area contributed by atoms with E-state index >= 15 is 0 Å². The topological polar surface area (TPSA) is 35.2 Å². The van der Waals surface area contributed by atoms with Crippen LogP contribution in [0.2, 0.25) is 0 Å². The number of thioether (sulfide) groups is 2. The molecule has 3 atom stereocenters. The maximum atomic E-state index is 6.36. The Bertz CT molecular complexity index is 242. The van der Waals surface area contributed by atoms with E-state index in [0.29, 0.717) is 17.2 Å². The van der Waals surface area contributed by atoms with Crippen LogP contribution in [0.1, 0.15) is 33.1 Å². The summed E-state index contributed by atoms with van der Waals surface area (Å²) < 4.78 is 6.05. The standard InChI is InChI=1S/C13H25NOS2/c1-10(2)17-8-12(14)11-3-5-15-13(7-11)4-6-16-9-13/h10-12H,3-9,14H2,1-2H3. The molecule has 0 bridgehead atoms. The number of hydrogen-bond acceptors (Lipinski definition) is 4.